The third kappa shape index (κ3) is 6.31. The lowest BCUT2D eigenvalue weighted by atomic mass is 10.3. The van der Waals surface area contributed by atoms with E-state index in [2.05, 4.69) is 34.3 Å². The Morgan fingerprint density at radius 3 is 2.94 bits per heavy atom. The minimum Gasteiger partial charge on any atom is -0.383 e. The summed E-state index contributed by atoms with van der Waals surface area (Å²) in [7, 11) is 5.80. The summed E-state index contributed by atoms with van der Waals surface area (Å²) >= 11 is 0. The molecule has 0 saturated carbocycles. The Labute approximate surface area is 103 Å². The highest BCUT2D eigenvalue weighted by Gasteiger charge is 2.00. The van der Waals surface area contributed by atoms with E-state index in [1.165, 1.54) is 0 Å². The van der Waals surface area contributed by atoms with Crippen LogP contribution in [-0.4, -0.2) is 55.8 Å². The van der Waals surface area contributed by atoms with Crippen LogP contribution >= 0.6 is 0 Å². The number of ether oxygens (including phenoxy) is 1. The maximum absolute atomic E-state index is 4.97. The number of methoxy groups -OCH3 is 1. The van der Waals surface area contributed by atoms with Crippen LogP contribution in [0.25, 0.3) is 0 Å². The highest BCUT2D eigenvalue weighted by atomic mass is 16.5. The van der Waals surface area contributed by atoms with Crippen molar-refractivity contribution in [2.75, 3.05) is 40.9 Å². The van der Waals surface area contributed by atoms with E-state index in [-0.39, 0.29) is 0 Å². The fourth-order valence-electron chi connectivity index (χ4n) is 1.37. The van der Waals surface area contributed by atoms with Crippen LogP contribution in [0.3, 0.4) is 0 Å². The minimum atomic E-state index is 0.721. The monoisotopic (exact) mass is 238 g/mol. The molecule has 0 fully saturated rings. The quantitative estimate of drug-likeness (QED) is 0.661. The smallest absolute Gasteiger partial charge is 0.129 e. The molecule has 5 nitrogen and oxygen atoms in total. The van der Waals surface area contributed by atoms with E-state index in [1.54, 1.807) is 7.11 Å². The molecule has 1 aromatic heterocycles. The van der Waals surface area contributed by atoms with Gasteiger partial charge in [0, 0.05) is 39.4 Å². The van der Waals surface area contributed by atoms with Gasteiger partial charge in [0.15, 0.2) is 0 Å². The predicted octanol–water partition coefficient (Wildman–Crippen LogP) is 0.317. The van der Waals surface area contributed by atoms with Gasteiger partial charge in [-0.2, -0.15) is 0 Å². The number of nitrogens with zero attached hydrogens (tertiary/aromatic N) is 3. The molecule has 0 aliphatic heterocycles. The van der Waals surface area contributed by atoms with Gasteiger partial charge in [-0.15, -0.1) is 0 Å². The highest BCUT2D eigenvalue weighted by Crippen LogP contribution is 1.97. The van der Waals surface area contributed by atoms with Gasteiger partial charge in [-0.1, -0.05) is 0 Å². The molecule has 0 aromatic carbocycles. The molecule has 0 amide bonds. The van der Waals surface area contributed by atoms with Crippen molar-refractivity contribution in [2.24, 2.45) is 0 Å². The molecule has 1 rings (SSSR count). The average molecular weight is 238 g/mol. The lowest BCUT2D eigenvalue weighted by Crippen LogP contribution is -2.20. The summed E-state index contributed by atoms with van der Waals surface area (Å²) in [5.41, 5.74) is 1.03. The van der Waals surface area contributed by atoms with E-state index in [9.17, 15) is 0 Å². The molecular weight excluding hydrogens is 216 g/mol. The second kappa shape index (κ2) is 8.11. The molecule has 5 heteroatoms. The Morgan fingerprint density at radius 1 is 1.41 bits per heavy atom. The summed E-state index contributed by atoms with van der Waals surface area (Å²) in [5, 5.41) is 3.27. The van der Waals surface area contributed by atoms with Crippen LogP contribution in [0.4, 0.5) is 0 Å². The largest absolute Gasteiger partial charge is 0.383 e. The normalized spacial score (nSPS) is 11.1. The van der Waals surface area contributed by atoms with Crippen LogP contribution in [0.15, 0.2) is 12.3 Å². The van der Waals surface area contributed by atoms with Crippen LogP contribution in [0.2, 0.25) is 0 Å². The Hall–Kier alpha value is -1.04. The van der Waals surface area contributed by atoms with Crippen molar-refractivity contribution >= 4 is 0 Å². The molecule has 0 spiro atoms. The van der Waals surface area contributed by atoms with Gasteiger partial charge >= 0.3 is 0 Å². The number of nitrogens with one attached hydrogen (secondary N) is 1. The molecule has 1 aromatic rings. The Morgan fingerprint density at radius 2 is 2.24 bits per heavy atom. The first-order valence-electron chi connectivity index (χ1n) is 5.87. The van der Waals surface area contributed by atoms with E-state index in [0.29, 0.717) is 0 Å². The zero-order valence-corrected chi connectivity index (χ0v) is 10.9. The van der Waals surface area contributed by atoms with E-state index in [0.717, 1.165) is 44.2 Å². The summed E-state index contributed by atoms with van der Waals surface area (Å²) in [4.78, 5) is 10.9. The van der Waals surface area contributed by atoms with Gasteiger partial charge < -0.3 is 15.0 Å². The molecule has 17 heavy (non-hydrogen) atoms. The summed E-state index contributed by atoms with van der Waals surface area (Å²) < 4.78 is 4.97. The van der Waals surface area contributed by atoms with Crippen LogP contribution in [-0.2, 0) is 17.7 Å². The second-order valence-corrected chi connectivity index (χ2v) is 4.19. The fourth-order valence-corrected chi connectivity index (χ4v) is 1.37. The number of hydrogen-bond acceptors (Lipinski definition) is 5. The van der Waals surface area contributed by atoms with E-state index >= 15 is 0 Å². The average Bonchev–Trinajstić information content (AvgIpc) is 2.33. The summed E-state index contributed by atoms with van der Waals surface area (Å²) in [6, 6.07) is 1.94. The van der Waals surface area contributed by atoms with Gasteiger partial charge in [0.05, 0.1) is 12.3 Å². The molecule has 0 saturated heterocycles. The fraction of sp³-hybridized carbons (Fsp3) is 0.667. The van der Waals surface area contributed by atoms with Crippen molar-refractivity contribution in [1.82, 2.24) is 20.2 Å². The van der Waals surface area contributed by atoms with E-state index < -0.39 is 0 Å². The summed E-state index contributed by atoms with van der Waals surface area (Å²) in [6.45, 7) is 3.30. The van der Waals surface area contributed by atoms with Gasteiger partial charge in [0.2, 0.25) is 0 Å². The Kier molecular flexibility index (Phi) is 6.69. The maximum atomic E-state index is 4.97. The second-order valence-electron chi connectivity index (χ2n) is 4.19. The standard InChI is InChI=1S/C12H22N4O/c1-16(2)8-5-12-14-6-4-11(15-12)10-13-7-9-17-3/h4,6,13H,5,7-10H2,1-3H3. The van der Waals surface area contributed by atoms with Gasteiger partial charge in [-0.25, -0.2) is 9.97 Å². The minimum absolute atomic E-state index is 0.721. The third-order valence-electron chi connectivity index (χ3n) is 2.33. The molecule has 0 unspecified atom stereocenters. The number of likely N-dealkylation sites (N-methyl/N-ethyl adjacent to an activating group) is 1. The lowest BCUT2D eigenvalue weighted by molar-refractivity contribution is 0.199. The Bertz CT molecular complexity index is 317. The SMILES string of the molecule is COCCNCc1ccnc(CCN(C)C)n1. The zero-order valence-electron chi connectivity index (χ0n) is 10.9. The first-order valence-corrected chi connectivity index (χ1v) is 5.87. The van der Waals surface area contributed by atoms with Gasteiger partial charge in [-0.3, -0.25) is 0 Å². The lowest BCUT2D eigenvalue weighted by Gasteiger charge is -2.09. The van der Waals surface area contributed by atoms with Crippen LogP contribution < -0.4 is 5.32 Å². The molecule has 1 heterocycles. The summed E-state index contributed by atoms with van der Waals surface area (Å²) in [5.74, 6) is 0.907. The maximum Gasteiger partial charge on any atom is 0.129 e. The number of aromatic nitrogens is 2. The van der Waals surface area contributed by atoms with E-state index in [1.807, 2.05) is 12.3 Å². The van der Waals surface area contributed by atoms with Crippen molar-refractivity contribution in [3.8, 4) is 0 Å². The molecule has 1 N–H and O–H groups in total. The van der Waals surface area contributed by atoms with Crippen molar-refractivity contribution in [2.45, 2.75) is 13.0 Å². The molecule has 0 radical (unpaired) electrons. The van der Waals surface area contributed by atoms with Crippen LogP contribution in [0.5, 0.6) is 0 Å². The molecule has 0 bridgehead atoms. The first kappa shape index (κ1) is 14.0. The number of rotatable bonds is 8. The highest BCUT2D eigenvalue weighted by molar-refractivity contribution is 5.02. The predicted molar refractivity (Wildman–Crippen MR) is 67.9 cm³/mol. The topological polar surface area (TPSA) is 50.3 Å². The van der Waals surface area contributed by atoms with Crippen molar-refractivity contribution in [3.63, 3.8) is 0 Å². The zero-order chi connectivity index (χ0) is 12.5. The van der Waals surface area contributed by atoms with E-state index in [4.69, 9.17) is 4.74 Å². The molecular formula is C12H22N4O. The molecule has 0 atom stereocenters. The number of hydrogen-bond donors (Lipinski definition) is 1. The first-order chi connectivity index (χ1) is 8.22. The van der Waals surface area contributed by atoms with Gasteiger partial charge in [0.25, 0.3) is 0 Å². The van der Waals surface area contributed by atoms with Gasteiger partial charge in [0.1, 0.15) is 5.82 Å². The third-order valence-corrected chi connectivity index (χ3v) is 2.33. The Balaban J connectivity index is 2.37. The van der Waals surface area contributed by atoms with Crippen molar-refractivity contribution in [3.05, 3.63) is 23.8 Å². The van der Waals surface area contributed by atoms with Crippen molar-refractivity contribution in [1.29, 1.82) is 0 Å². The molecule has 0 aliphatic rings. The van der Waals surface area contributed by atoms with Gasteiger partial charge in [-0.05, 0) is 20.2 Å². The molecule has 0 aliphatic carbocycles. The molecule has 96 valence electrons. The van der Waals surface area contributed by atoms with Crippen molar-refractivity contribution < 1.29 is 4.74 Å². The van der Waals surface area contributed by atoms with Crippen LogP contribution in [0, 0.1) is 0 Å². The van der Waals surface area contributed by atoms with Crippen LogP contribution in [0.1, 0.15) is 11.5 Å². The summed E-state index contributed by atoms with van der Waals surface area (Å²) in [6.07, 6.45) is 2.71.